The number of benzene rings is 1. The summed E-state index contributed by atoms with van der Waals surface area (Å²) in [5, 5.41) is 10.2. The van der Waals surface area contributed by atoms with Crippen LogP contribution in [0.25, 0.3) is 0 Å². The standard InChI is InChI=1S/C23H33N5O/c1-18-9-13-27(14-10-18)16-20-6-4-19(5-7-20)15-24-23(29)28-12-2-3-21(17-28)22-8-11-25-26-22/h4-8,11,18,21H,2-3,9-10,12-17H2,1H3,(H,24,29)(H,25,26). The number of nitrogens with zero attached hydrogens (tertiary/aromatic N) is 3. The van der Waals surface area contributed by atoms with Crippen molar-refractivity contribution in [1.29, 1.82) is 0 Å². The monoisotopic (exact) mass is 395 g/mol. The van der Waals surface area contributed by atoms with Crippen LogP contribution in [-0.2, 0) is 13.1 Å². The Labute approximate surface area is 173 Å². The summed E-state index contributed by atoms with van der Waals surface area (Å²) in [6.45, 7) is 7.93. The van der Waals surface area contributed by atoms with Crippen molar-refractivity contribution in [2.45, 2.75) is 51.6 Å². The van der Waals surface area contributed by atoms with Crippen molar-refractivity contribution in [3.63, 3.8) is 0 Å². The van der Waals surface area contributed by atoms with Gasteiger partial charge in [0.15, 0.2) is 0 Å². The number of likely N-dealkylation sites (tertiary alicyclic amines) is 2. The number of aromatic amines is 1. The lowest BCUT2D eigenvalue weighted by molar-refractivity contribution is 0.178. The number of carbonyl (C=O) groups is 1. The lowest BCUT2D eigenvalue weighted by Gasteiger charge is -2.32. The highest BCUT2D eigenvalue weighted by Crippen LogP contribution is 2.25. The molecular formula is C23H33N5O. The molecule has 0 saturated carbocycles. The number of carbonyl (C=O) groups excluding carboxylic acids is 1. The zero-order valence-corrected chi connectivity index (χ0v) is 17.4. The number of rotatable bonds is 5. The first-order valence-electron chi connectivity index (χ1n) is 11.0. The molecule has 0 spiro atoms. The molecule has 2 fully saturated rings. The van der Waals surface area contributed by atoms with Gasteiger partial charge in [0.1, 0.15) is 0 Å². The van der Waals surface area contributed by atoms with Gasteiger partial charge in [0.2, 0.25) is 0 Å². The highest BCUT2D eigenvalue weighted by molar-refractivity contribution is 5.74. The average Bonchev–Trinajstić information content (AvgIpc) is 3.30. The van der Waals surface area contributed by atoms with Crippen LogP contribution in [0.15, 0.2) is 36.5 Å². The van der Waals surface area contributed by atoms with Crippen LogP contribution in [0.4, 0.5) is 4.79 Å². The second-order valence-electron chi connectivity index (χ2n) is 8.73. The van der Waals surface area contributed by atoms with Crippen LogP contribution in [-0.4, -0.2) is 52.2 Å². The van der Waals surface area contributed by atoms with Crippen LogP contribution in [0.2, 0.25) is 0 Å². The van der Waals surface area contributed by atoms with Gasteiger partial charge in [-0.1, -0.05) is 31.2 Å². The summed E-state index contributed by atoms with van der Waals surface area (Å²) in [4.78, 5) is 17.1. The van der Waals surface area contributed by atoms with Gasteiger partial charge in [-0.3, -0.25) is 10.00 Å². The average molecular weight is 396 g/mol. The van der Waals surface area contributed by atoms with E-state index < -0.39 is 0 Å². The maximum atomic E-state index is 12.6. The van der Waals surface area contributed by atoms with Crippen molar-refractivity contribution >= 4 is 6.03 Å². The second kappa shape index (κ2) is 9.44. The van der Waals surface area contributed by atoms with Gasteiger partial charge in [0.05, 0.1) is 0 Å². The van der Waals surface area contributed by atoms with Gasteiger partial charge in [-0.2, -0.15) is 5.10 Å². The molecule has 4 rings (SSSR count). The minimum atomic E-state index is 0.0285. The Bertz CT molecular complexity index is 765. The summed E-state index contributed by atoms with van der Waals surface area (Å²) < 4.78 is 0. The van der Waals surface area contributed by atoms with Gasteiger partial charge in [-0.05, 0) is 61.9 Å². The minimum absolute atomic E-state index is 0.0285. The molecule has 0 bridgehead atoms. The predicted octanol–water partition coefficient (Wildman–Crippen LogP) is 3.73. The quantitative estimate of drug-likeness (QED) is 0.811. The predicted molar refractivity (Wildman–Crippen MR) is 114 cm³/mol. The van der Waals surface area contributed by atoms with E-state index in [1.54, 1.807) is 6.20 Å². The summed E-state index contributed by atoms with van der Waals surface area (Å²) in [6.07, 6.45) is 6.53. The Hall–Kier alpha value is -2.34. The van der Waals surface area contributed by atoms with E-state index in [0.29, 0.717) is 12.5 Å². The summed E-state index contributed by atoms with van der Waals surface area (Å²) >= 11 is 0. The van der Waals surface area contributed by atoms with Crippen molar-refractivity contribution in [3.05, 3.63) is 53.3 Å². The molecule has 1 unspecified atom stereocenters. The molecule has 0 radical (unpaired) electrons. The zero-order chi connectivity index (χ0) is 20.1. The van der Waals surface area contributed by atoms with E-state index in [0.717, 1.165) is 49.7 Å². The number of hydrogen-bond donors (Lipinski definition) is 2. The Kier molecular flexibility index (Phi) is 6.49. The molecule has 156 valence electrons. The van der Waals surface area contributed by atoms with Crippen molar-refractivity contribution in [1.82, 2.24) is 25.3 Å². The molecule has 29 heavy (non-hydrogen) atoms. The van der Waals surface area contributed by atoms with Crippen LogP contribution in [0.5, 0.6) is 0 Å². The molecule has 0 aliphatic carbocycles. The fraction of sp³-hybridized carbons (Fsp3) is 0.565. The third-order valence-corrected chi connectivity index (χ3v) is 6.42. The first kappa shape index (κ1) is 20.0. The van der Waals surface area contributed by atoms with Crippen LogP contribution in [0.3, 0.4) is 0 Å². The lowest BCUT2D eigenvalue weighted by Crippen LogP contribution is -2.44. The third-order valence-electron chi connectivity index (χ3n) is 6.42. The number of urea groups is 1. The smallest absolute Gasteiger partial charge is 0.317 e. The number of amides is 2. The van der Waals surface area contributed by atoms with E-state index in [1.165, 1.54) is 31.5 Å². The molecule has 1 atom stereocenters. The summed E-state index contributed by atoms with van der Waals surface area (Å²) in [5.41, 5.74) is 3.63. The van der Waals surface area contributed by atoms with E-state index in [1.807, 2.05) is 11.0 Å². The number of piperidine rings is 2. The number of aromatic nitrogens is 2. The number of hydrogen-bond acceptors (Lipinski definition) is 3. The SMILES string of the molecule is CC1CCN(Cc2ccc(CNC(=O)N3CCCC(c4ccn[nH]4)C3)cc2)CC1. The fourth-order valence-corrected chi connectivity index (χ4v) is 4.44. The minimum Gasteiger partial charge on any atom is -0.334 e. The van der Waals surface area contributed by atoms with Crippen LogP contribution >= 0.6 is 0 Å². The molecule has 1 aromatic carbocycles. The maximum Gasteiger partial charge on any atom is 0.317 e. The van der Waals surface area contributed by atoms with E-state index in [-0.39, 0.29) is 6.03 Å². The van der Waals surface area contributed by atoms with Gasteiger partial charge in [-0.15, -0.1) is 0 Å². The first-order chi connectivity index (χ1) is 14.2. The molecule has 2 amide bonds. The highest BCUT2D eigenvalue weighted by Gasteiger charge is 2.25. The van der Waals surface area contributed by atoms with Crippen molar-refractivity contribution in [2.75, 3.05) is 26.2 Å². The van der Waals surface area contributed by atoms with E-state index in [4.69, 9.17) is 0 Å². The van der Waals surface area contributed by atoms with E-state index >= 15 is 0 Å². The molecule has 6 nitrogen and oxygen atoms in total. The fourth-order valence-electron chi connectivity index (χ4n) is 4.44. The molecule has 3 heterocycles. The highest BCUT2D eigenvalue weighted by atomic mass is 16.2. The summed E-state index contributed by atoms with van der Waals surface area (Å²) in [5.74, 6) is 1.22. The Morgan fingerprint density at radius 2 is 1.86 bits per heavy atom. The molecule has 2 aliphatic rings. The second-order valence-corrected chi connectivity index (χ2v) is 8.73. The van der Waals surface area contributed by atoms with Crippen molar-refractivity contribution in [3.8, 4) is 0 Å². The van der Waals surface area contributed by atoms with Crippen molar-refractivity contribution in [2.24, 2.45) is 5.92 Å². The largest absolute Gasteiger partial charge is 0.334 e. The van der Waals surface area contributed by atoms with E-state index in [2.05, 4.69) is 51.6 Å². The van der Waals surface area contributed by atoms with Crippen LogP contribution in [0.1, 0.15) is 55.3 Å². The molecule has 6 heteroatoms. The normalized spacial score (nSPS) is 21.3. The first-order valence-corrected chi connectivity index (χ1v) is 11.0. The Morgan fingerprint density at radius 1 is 1.10 bits per heavy atom. The van der Waals surface area contributed by atoms with E-state index in [9.17, 15) is 4.79 Å². The maximum absolute atomic E-state index is 12.6. The summed E-state index contributed by atoms with van der Waals surface area (Å²) in [7, 11) is 0. The van der Waals surface area contributed by atoms with Gasteiger partial charge < -0.3 is 10.2 Å². The molecule has 2 aromatic rings. The Morgan fingerprint density at radius 3 is 2.59 bits per heavy atom. The topological polar surface area (TPSA) is 64.3 Å². The van der Waals surface area contributed by atoms with Gasteiger partial charge in [-0.25, -0.2) is 4.79 Å². The van der Waals surface area contributed by atoms with Gasteiger partial charge in [0, 0.05) is 44.0 Å². The third kappa shape index (κ3) is 5.38. The molecule has 1 aromatic heterocycles. The molecule has 2 saturated heterocycles. The van der Waals surface area contributed by atoms with Crippen LogP contribution < -0.4 is 5.32 Å². The summed E-state index contributed by atoms with van der Waals surface area (Å²) in [6, 6.07) is 10.7. The molecular weight excluding hydrogens is 362 g/mol. The lowest BCUT2D eigenvalue weighted by atomic mass is 9.95. The Balaban J connectivity index is 1.24. The number of nitrogens with one attached hydrogen (secondary N) is 2. The van der Waals surface area contributed by atoms with Crippen LogP contribution in [0, 0.1) is 5.92 Å². The molecule has 2 N–H and O–H groups in total. The molecule has 2 aliphatic heterocycles. The van der Waals surface area contributed by atoms with Gasteiger partial charge in [0.25, 0.3) is 0 Å². The van der Waals surface area contributed by atoms with Crippen molar-refractivity contribution < 1.29 is 4.79 Å². The zero-order valence-electron chi connectivity index (χ0n) is 17.4. The van der Waals surface area contributed by atoms with Gasteiger partial charge >= 0.3 is 6.03 Å². The number of H-pyrrole nitrogens is 1.